The maximum absolute atomic E-state index is 12.3. The molecule has 8 heteroatoms. The van der Waals surface area contributed by atoms with Crippen molar-refractivity contribution in [2.24, 2.45) is 0 Å². The summed E-state index contributed by atoms with van der Waals surface area (Å²) in [5.41, 5.74) is 1.90. The van der Waals surface area contributed by atoms with Crippen LogP contribution in [-0.2, 0) is 23.1 Å². The molecule has 2 N–H and O–H groups in total. The molecule has 0 saturated carbocycles. The summed E-state index contributed by atoms with van der Waals surface area (Å²) in [7, 11) is -3.27. The van der Waals surface area contributed by atoms with Gasteiger partial charge in [0.05, 0.1) is 24.0 Å². The molecule has 6 nitrogen and oxygen atoms in total. The van der Waals surface area contributed by atoms with Gasteiger partial charge in [-0.25, -0.2) is 13.1 Å². The van der Waals surface area contributed by atoms with Gasteiger partial charge in [-0.1, -0.05) is 30.3 Å². The minimum atomic E-state index is -3.27. The number of halogens is 1. The van der Waals surface area contributed by atoms with Crippen LogP contribution in [0.25, 0.3) is 0 Å². The molecule has 1 saturated heterocycles. The van der Waals surface area contributed by atoms with Gasteiger partial charge in [-0.3, -0.25) is 4.68 Å². The highest BCUT2D eigenvalue weighted by Gasteiger charge is 2.26. The van der Waals surface area contributed by atoms with E-state index in [9.17, 15) is 8.42 Å². The first-order valence-corrected chi connectivity index (χ1v) is 9.43. The molecule has 0 aliphatic carbocycles. The first kappa shape index (κ1) is 18.9. The van der Waals surface area contributed by atoms with E-state index in [1.54, 1.807) is 0 Å². The van der Waals surface area contributed by atoms with E-state index in [1.165, 1.54) is 0 Å². The van der Waals surface area contributed by atoms with Crippen molar-refractivity contribution in [3.63, 3.8) is 0 Å². The van der Waals surface area contributed by atoms with Crippen molar-refractivity contribution in [1.82, 2.24) is 19.8 Å². The van der Waals surface area contributed by atoms with Crippen molar-refractivity contribution >= 4 is 22.4 Å². The first-order valence-electron chi connectivity index (χ1n) is 7.89. The summed E-state index contributed by atoms with van der Waals surface area (Å²) in [6.45, 7) is 2.45. The zero-order valence-corrected chi connectivity index (χ0v) is 15.0. The molecule has 0 amide bonds. The zero-order valence-electron chi connectivity index (χ0n) is 13.4. The average molecular weight is 371 g/mol. The summed E-state index contributed by atoms with van der Waals surface area (Å²) in [6, 6.07) is 11.9. The van der Waals surface area contributed by atoms with E-state index in [0.717, 1.165) is 24.3 Å². The van der Waals surface area contributed by atoms with E-state index in [1.807, 2.05) is 47.3 Å². The Hall–Kier alpha value is -1.41. The number of nitrogens with one attached hydrogen (secondary N) is 2. The van der Waals surface area contributed by atoms with Crippen molar-refractivity contribution < 1.29 is 8.42 Å². The van der Waals surface area contributed by atoms with Gasteiger partial charge in [0, 0.05) is 6.20 Å². The van der Waals surface area contributed by atoms with Crippen LogP contribution in [0.1, 0.15) is 24.1 Å². The first-order chi connectivity index (χ1) is 11.1. The second-order valence-electron chi connectivity index (χ2n) is 5.81. The van der Waals surface area contributed by atoms with E-state index in [0.29, 0.717) is 19.4 Å². The molecule has 1 fully saturated rings. The zero-order chi connectivity index (χ0) is 16.1. The smallest absolute Gasteiger partial charge is 0.214 e. The second kappa shape index (κ2) is 8.62. The Morgan fingerprint density at radius 2 is 1.88 bits per heavy atom. The van der Waals surface area contributed by atoms with Crippen LogP contribution in [0, 0.1) is 0 Å². The molecular weight excluding hydrogens is 348 g/mol. The van der Waals surface area contributed by atoms with E-state index in [2.05, 4.69) is 15.1 Å². The third kappa shape index (κ3) is 5.04. The number of rotatable bonds is 6. The Morgan fingerprint density at radius 1 is 1.17 bits per heavy atom. The quantitative estimate of drug-likeness (QED) is 0.808. The number of nitrogens with zero attached hydrogens (tertiary/aromatic N) is 2. The number of aromatic nitrogens is 2. The van der Waals surface area contributed by atoms with Gasteiger partial charge < -0.3 is 5.32 Å². The largest absolute Gasteiger partial charge is 0.317 e. The van der Waals surface area contributed by atoms with Gasteiger partial charge in [-0.15, -0.1) is 12.4 Å². The highest BCUT2D eigenvalue weighted by atomic mass is 35.5. The summed E-state index contributed by atoms with van der Waals surface area (Å²) in [5.74, 6) is 0. The molecule has 0 bridgehead atoms. The van der Waals surface area contributed by atoms with Crippen LogP contribution in [0.15, 0.2) is 42.6 Å². The number of hydrogen-bond donors (Lipinski definition) is 2. The van der Waals surface area contributed by atoms with Crippen LogP contribution < -0.4 is 10.0 Å². The van der Waals surface area contributed by atoms with Crippen molar-refractivity contribution in [2.45, 2.75) is 31.2 Å². The summed E-state index contributed by atoms with van der Waals surface area (Å²) in [6.07, 6.45) is 3.21. The maximum atomic E-state index is 12.3. The summed E-state index contributed by atoms with van der Waals surface area (Å²) < 4.78 is 29.1. The maximum Gasteiger partial charge on any atom is 0.214 e. The minimum Gasteiger partial charge on any atom is -0.317 e. The lowest BCUT2D eigenvalue weighted by molar-refractivity contribution is 0.489. The molecule has 24 heavy (non-hydrogen) atoms. The second-order valence-corrected chi connectivity index (χ2v) is 7.85. The van der Waals surface area contributed by atoms with Gasteiger partial charge in [-0.05, 0) is 37.6 Å². The van der Waals surface area contributed by atoms with E-state index in [4.69, 9.17) is 0 Å². The Bertz CT molecular complexity index is 728. The minimum absolute atomic E-state index is 0. The fourth-order valence-electron chi connectivity index (χ4n) is 2.75. The number of benzene rings is 1. The molecule has 0 atom stereocenters. The molecule has 1 aromatic carbocycles. The van der Waals surface area contributed by atoms with Crippen LogP contribution in [0.2, 0.25) is 0 Å². The molecular formula is C16H23ClN4O2S. The lowest BCUT2D eigenvalue weighted by Gasteiger charge is -2.22. The standard InChI is InChI=1S/C16H22N4O2S.ClH/c21-23(22,16-6-9-17-10-7-16)18-12-15-8-11-20(19-15)13-14-4-2-1-3-5-14;/h1-5,8,11,16-18H,6-7,9-10,12-13H2;1H. The Labute approximate surface area is 149 Å². The molecule has 0 spiro atoms. The fraction of sp³-hybridized carbons (Fsp3) is 0.438. The summed E-state index contributed by atoms with van der Waals surface area (Å²) in [4.78, 5) is 0. The van der Waals surface area contributed by atoms with E-state index < -0.39 is 10.0 Å². The normalized spacial score (nSPS) is 15.8. The van der Waals surface area contributed by atoms with Crippen LogP contribution in [0.3, 0.4) is 0 Å². The fourth-order valence-corrected chi connectivity index (χ4v) is 4.20. The molecule has 2 aromatic rings. The monoisotopic (exact) mass is 370 g/mol. The highest BCUT2D eigenvalue weighted by molar-refractivity contribution is 7.90. The van der Waals surface area contributed by atoms with Crippen LogP contribution in [0.4, 0.5) is 0 Å². The van der Waals surface area contributed by atoms with E-state index >= 15 is 0 Å². The lowest BCUT2D eigenvalue weighted by atomic mass is 10.2. The van der Waals surface area contributed by atoms with Crippen LogP contribution >= 0.6 is 12.4 Å². The van der Waals surface area contributed by atoms with Gasteiger partial charge in [-0.2, -0.15) is 5.10 Å². The third-order valence-electron chi connectivity index (χ3n) is 4.06. The lowest BCUT2D eigenvalue weighted by Crippen LogP contribution is -2.41. The third-order valence-corrected chi connectivity index (χ3v) is 5.96. The Morgan fingerprint density at radius 3 is 2.58 bits per heavy atom. The highest BCUT2D eigenvalue weighted by Crippen LogP contribution is 2.12. The molecule has 1 aliphatic heterocycles. The summed E-state index contributed by atoms with van der Waals surface area (Å²) in [5, 5.41) is 7.31. The predicted molar refractivity (Wildman–Crippen MR) is 96.7 cm³/mol. The van der Waals surface area contributed by atoms with Crippen LogP contribution in [0.5, 0.6) is 0 Å². The van der Waals surface area contributed by atoms with Crippen molar-refractivity contribution in [1.29, 1.82) is 0 Å². The van der Waals surface area contributed by atoms with Gasteiger partial charge in [0.2, 0.25) is 10.0 Å². The average Bonchev–Trinajstić information content (AvgIpc) is 3.02. The molecule has 1 aliphatic rings. The molecule has 0 unspecified atom stereocenters. The van der Waals surface area contributed by atoms with Gasteiger partial charge in [0.25, 0.3) is 0 Å². The van der Waals surface area contributed by atoms with Gasteiger partial charge in [0.1, 0.15) is 0 Å². The molecule has 0 radical (unpaired) electrons. The van der Waals surface area contributed by atoms with Crippen LogP contribution in [-0.4, -0.2) is 36.5 Å². The molecule has 132 valence electrons. The molecule has 3 rings (SSSR count). The van der Waals surface area contributed by atoms with Crippen molar-refractivity contribution in [2.75, 3.05) is 13.1 Å². The van der Waals surface area contributed by atoms with Gasteiger partial charge >= 0.3 is 0 Å². The van der Waals surface area contributed by atoms with E-state index in [-0.39, 0.29) is 24.2 Å². The number of piperidine rings is 1. The summed E-state index contributed by atoms with van der Waals surface area (Å²) >= 11 is 0. The number of hydrogen-bond acceptors (Lipinski definition) is 4. The predicted octanol–water partition coefficient (Wildman–Crippen LogP) is 1.52. The number of sulfonamides is 1. The van der Waals surface area contributed by atoms with Gasteiger partial charge in [0.15, 0.2) is 0 Å². The Balaban J connectivity index is 0.00000208. The topological polar surface area (TPSA) is 76.0 Å². The molecule has 1 aromatic heterocycles. The van der Waals surface area contributed by atoms with Crippen molar-refractivity contribution in [3.05, 3.63) is 53.9 Å². The SMILES string of the molecule is Cl.O=S(=O)(NCc1ccn(Cc2ccccc2)n1)C1CCNCC1. The van der Waals surface area contributed by atoms with Crippen molar-refractivity contribution in [3.8, 4) is 0 Å². The Kier molecular flexibility index (Phi) is 6.79. The molecule has 2 heterocycles.